The van der Waals surface area contributed by atoms with E-state index in [9.17, 15) is 0 Å². The fourth-order valence-electron chi connectivity index (χ4n) is 3.96. The molecule has 0 radical (unpaired) electrons. The van der Waals surface area contributed by atoms with Crippen molar-refractivity contribution in [2.24, 2.45) is 0 Å². The molecule has 2 aromatic carbocycles. The Balaban J connectivity index is 0.00000256. The third-order valence-electron chi connectivity index (χ3n) is 5.36. The molecule has 0 saturated heterocycles. The molecule has 5 nitrogen and oxygen atoms in total. The van der Waals surface area contributed by atoms with Gasteiger partial charge in [0.25, 0.3) is 0 Å². The van der Waals surface area contributed by atoms with Crippen LogP contribution in [-0.4, -0.2) is 32.8 Å². The van der Waals surface area contributed by atoms with E-state index in [2.05, 4.69) is 23.1 Å². The molecule has 1 aliphatic rings. The van der Waals surface area contributed by atoms with Gasteiger partial charge in [-0.25, -0.2) is 0 Å². The second-order valence-electron chi connectivity index (χ2n) is 7.27. The summed E-state index contributed by atoms with van der Waals surface area (Å²) in [5, 5.41) is 0. The Hall–Kier alpha value is -2.63. The number of rotatable bonds is 6. The number of methoxy groups -OCH3 is 3. The van der Waals surface area contributed by atoms with E-state index in [1.165, 1.54) is 5.56 Å². The maximum absolute atomic E-state index is 6.19. The number of furan rings is 1. The molecule has 0 aliphatic carbocycles. The number of halogens is 1. The lowest BCUT2D eigenvalue weighted by molar-refractivity contribution is 0.259. The lowest BCUT2D eigenvalue weighted by atomic mass is 10.1. The summed E-state index contributed by atoms with van der Waals surface area (Å²) in [6.45, 7) is 2.69. The van der Waals surface area contributed by atoms with E-state index in [1.54, 1.807) is 21.3 Å². The Labute approximate surface area is 184 Å². The van der Waals surface area contributed by atoms with Gasteiger partial charge in [0.1, 0.15) is 11.5 Å². The van der Waals surface area contributed by atoms with Crippen molar-refractivity contribution in [3.63, 3.8) is 0 Å². The van der Waals surface area contributed by atoms with Crippen LogP contribution in [0.3, 0.4) is 0 Å². The van der Waals surface area contributed by atoms with Gasteiger partial charge in [-0.05, 0) is 36.7 Å². The number of fused-ring (bicyclic) bond motifs is 1. The number of hydrogen-bond donors (Lipinski definition) is 0. The summed E-state index contributed by atoms with van der Waals surface area (Å²) in [7, 11) is 4.92. The van der Waals surface area contributed by atoms with E-state index in [0.717, 1.165) is 55.1 Å². The van der Waals surface area contributed by atoms with E-state index in [0.29, 0.717) is 17.2 Å². The SMILES string of the molecule is COc1cc(CN2CCCc3oc(-c4ccccc4)cc3C2)cc(OC)c1OC.Cl. The Morgan fingerprint density at radius 3 is 2.27 bits per heavy atom. The van der Waals surface area contributed by atoms with Gasteiger partial charge in [0.2, 0.25) is 5.75 Å². The van der Waals surface area contributed by atoms with E-state index < -0.39 is 0 Å². The molecule has 0 fully saturated rings. The van der Waals surface area contributed by atoms with Crippen LogP contribution in [0.1, 0.15) is 23.3 Å². The third kappa shape index (κ3) is 4.58. The normalized spacial score (nSPS) is 13.7. The molecule has 0 amide bonds. The molecule has 1 aromatic heterocycles. The average Bonchev–Trinajstić information content (AvgIpc) is 3.06. The van der Waals surface area contributed by atoms with Crippen LogP contribution in [0.4, 0.5) is 0 Å². The first-order valence-corrected chi connectivity index (χ1v) is 9.90. The van der Waals surface area contributed by atoms with E-state index in [-0.39, 0.29) is 12.4 Å². The highest BCUT2D eigenvalue weighted by atomic mass is 35.5. The lowest BCUT2D eigenvalue weighted by Gasteiger charge is -2.21. The monoisotopic (exact) mass is 429 g/mol. The minimum atomic E-state index is 0. The number of benzene rings is 2. The molecule has 0 saturated carbocycles. The van der Waals surface area contributed by atoms with Crippen molar-refractivity contribution >= 4 is 12.4 Å². The van der Waals surface area contributed by atoms with Crippen LogP contribution >= 0.6 is 12.4 Å². The maximum Gasteiger partial charge on any atom is 0.203 e. The first-order valence-electron chi connectivity index (χ1n) is 9.90. The van der Waals surface area contributed by atoms with Gasteiger partial charge in [-0.2, -0.15) is 0 Å². The van der Waals surface area contributed by atoms with E-state index in [1.807, 2.05) is 30.3 Å². The minimum Gasteiger partial charge on any atom is -0.493 e. The Morgan fingerprint density at radius 2 is 1.63 bits per heavy atom. The van der Waals surface area contributed by atoms with Crippen LogP contribution in [0, 0.1) is 0 Å². The summed E-state index contributed by atoms with van der Waals surface area (Å²) in [6.07, 6.45) is 2.03. The van der Waals surface area contributed by atoms with Crippen molar-refractivity contribution in [3.8, 4) is 28.6 Å². The van der Waals surface area contributed by atoms with Gasteiger partial charge >= 0.3 is 0 Å². The molecule has 30 heavy (non-hydrogen) atoms. The lowest BCUT2D eigenvalue weighted by Crippen LogP contribution is -2.22. The zero-order valence-corrected chi connectivity index (χ0v) is 18.5. The van der Waals surface area contributed by atoms with Gasteiger partial charge in [0.15, 0.2) is 11.5 Å². The van der Waals surface area contributed by atoms with Crippen molar-refractivity contribution < 1.29 is 18.6 Å². The molecule has 1 aliphatic heterocycles. The second kappa shape index (κ2) is 9.92. The predicted octanol–water partition coefficient (Wildman–Crippen LogP) is 5.34. The summed E-state index contributed by atoms with van der Waals surface area (Å²) in [5.74, 6) is 4.06. The molecular weight excluding hydrogens is 402 g/mol. The van der Waals surface area contributed by atoms with Gasteiger partial charge in [-0.15, -0.1) is 12.4 Å². The number of hydrogen-bond acceptors (Lipinski definition) is 5. The summed E-state index contributed by atoms with van der Waals surface area (Å²) >= 11 is 0. The molecule has 160 valence electrons. The van der Waals surface area contributed by atoms with E-state index >= 15 is 0 Å². The van der Waals surface area contributed by atoms with Crippen LogP contribution < -0.4 is 14.2 Å². The van der Waals surface area contributed by atoms with Gasteiger partial charge < -0.3 is 18.6 Å². The van der Waals surface area contributed by atoms with Crippen molar-refractivity contribution in [3.05, 3.63) is 65.4 Å². The fourth-order valence-corrected chi connectivity index (χ4v) is 3.96. The summed E-state index contributed by atoms with van der Waals surface area (Å²) < 4.78 is 22.6. The van der Waals surface area contributed by atoms with Crippen LogP contribution in [0.5, 0.6) is 17.2 Å². The molecule has 0 bridgehead atoms. The topological polar surface area (TPSA) is 44.1 Å². The van der Waals surface area contributed by atoms with Crippen LogP contribution in [0.2, 0.25) is 0 Å². The third-order valence-corrected chi connectivity index (χ3v) is 5.36. The zero-order valence-electron chi connectivity index (χ0n) is 17.6. The molecule has 0 atom stereocenters. The molecule has 2 heterocycles. The number of aryl methyl sites for hydroxylation is 1. The maximum atomic E-state index is 6.19. The number of ether oxygens (including phenoxy) is 3. The van der Waals surface area contributed by atoms with Gasteiger partial charge in [0.05, 0.1) is 21.3 Å². The minimum absolute atomic E-state index is 0. The molecule has 3 aromatic rings. The molecule has 4 rings (SSSR count). The fraction of sp³-hybridized carbons (Fsp3) is 0.333. The highest BCUT2D eigenvalue weighted by Crippen LogP contribution is 2.39. The predicted molar refractivity (Wildman–Crippen MR) is 120 cm³/mol. The highest BCUT2D eigenvalue weighted by Gasteiger charge is 2.21. The summed E-state index contributed by atoms with van der Waals surface area (Å²) in [5.41, 5.74) is 3.53. The smallest absolute Gasteiger partial charge is 0.203 e. The standard InChI is InChI=1S/C24H27NO4.ClH/c1-26-22-12-17(13-23(27-2)24(22)28-3)15-25-11-7-10-20-19(16-25)14-21(29-20)18-8-5-4-6-9-18;/h4-6,8-9,12-14H,7,10-11,15-16H2,1-3H3;1H. The quantitative estimate of drug-likeness (QED) is 0.529. The van der Waals surface area contributed by atoms with E-state index in [4.69, 9.17) is 18.6 Å². The van der Waals surface area contributed by atoms with Crippen LogP contribution in [0.25, 0.3) is 11.3 Å². The zero-order chi connectivity index (χ0) is 20.2. The largest absolute Gasteiger partial charge is 0.493 e. The molecule has 0 unspecified atom stereocenters. The summed E-state index contributed by atoms with van der Waals surface area (Å²) in [6, 6.07) is 16.5. The van der Waals surface area contributed by atoms with Crippen LogP contribution in [-0.2, 0) is 19.5 Å². The highest BCUT2D eigenvalue weighted by molar-refractivity contribution is 5.85. The Bertz CT molecular complexity index is 946. The van der Waals surface area contributed by atoms with Crippen LogP contribution in [0.15, 0.2) is 52.9 Å². The molecule has 0 N–H and O–H groups in total. The second-order valence-corrected chi connectivity index (χ2v) is 7.27. The molecule has 6 heteroatoms. The first-order chi connectivity index (χ1) is 14.2. The van der Waals surface area contributed by atoms with Crippen molar-refractivity contribution in [1.82, 2.24) is 4.90 Å². The Morgan fingerprint density at radius 1 is 0.933 bits per heavy atom. The van der Waals surface area contributed by atoms with Gasteiger partial charge in [-0.3, -0.25) is 4.90 Å². The molecular formula is C24H28ClNO4. The van der Waals surface area contributed by atoms with Crippen molar-refractivity contribution in [1.29, 1.82) is 0 Å². The Kier molecular flexibility index (Phi) is 7.29. The average molecular weight is 430 g/mol. The van der Waals surface area contributed by atoms with Crippen molar-refractivity contribution in [2.45, 2.75) is 25.9 Å². The van der Waals surface area contributed by atoms with Gasteiger partial charge in [-0.1, -0.05) is 30.3 Å². The summed E-state index contributed by atoms with van der Waals surface area (Å²) in [4.78, 5) is 2.44. The molecule has 0 spiro atoms. The van der Waals surface area contributed by atoms with Crippen molar-refractivity contribution in [2.75, 3.05) is 27.9 Å². The first kappa shape index (κ1) is 22.1. The number of nitrogens with zero attached hydrogens (tertiary/aromatic N) is 1. The van der Waals surface area contributed by atoms with Gasteiger partial charge in [0, 0.05) is 30.6 Å².